The van der Waals surface area contributed by atoms with E-state index >= 15 is 0 Å². The number of methoxy groups -OCH3 is 1. The SMILES string of the molecule is COc1cc(/C=C2/SC(=S)N(c3ccc(C)cc3)C2=O)ccc1Oc1nc(Cl)ncc1F. The van der Waals surface area contributed by atoms with E-state index in [1.165, 1.54) is 23.8 Å². The van der Waals surface area contributed by atoms with Gasteiger partial charge in [0.1, 0.15) is 0 Å². The molecular weight excluding hydrogens is 473 g/mol. The molecule has 1 aliphatic rings. The summed E-state index contributed by atoms with van der Waals surface area (Å²) in [7, 11) is 1.45. The van der Waals surface area contributed by atoms with Gasteiger partial charge in [-0.05, 0) is 54.4 Å². The van der Waals surface area contributed by atoms with Crippen LogP contribution in [-0.4, -0.2) is 27.3 Å². The first kappa shape index (κ1) is 22.2. The fourth-order valence-electron chi connectivity index (χ4n) is 2.90. The molecule has 1 fully saturated rings. The molecule has 1 aliphatic heterocycles. The number of aromatic nitrogens is 2. The third-order valence-corrected chi connectivity index (χ3v) is 5.94. The molecule has 6 nitrogen and oxygen atoms in total. The molecule has 0 saturated carbocycles. The Morgan fingerprint density at radius 3 is 2.66 bits per heavy atom. The summed E-state index contributed by atoms with van der Waals surface area (Å²) >= 11 is 12.3. The Morgan fingerprint density at radius 2 is 1.94 bits per heavy atom. The summed E-state index contributed by atoms with van der Waals surface area (Å²) in [6, 6.07) is 12.5. The van der Waals surface area contributed by atoms with Gasteiger partial charge in [0, 0.05) is 0 Å². The highest BCUT2D eigenvalue weighted by molar-refractivity contribution is 8.27. The van der Waals surface area contributed by atoms with Gasteiger partial charge in [0.15, 0.2) is 15.8 Å². The second kappa shape index (κ2) is 9.23. The van der Waals surface area contributed by atoms with Crippen molar-refractivity contribution in [1.29, 1.82) is 0 Å². The van der Waals surface area contributed by atoms with Gasteiger partial charge < -0.3 is 9.47 Å². The van der Waals surface area contributed by atoms with E-state index < -0.39 is 5.82 Å². The van der Waals surface area contributed by atoms with Crippen LogP contribution in [0.2, 0.25) is 5.28 Å². The highest BCUT2D eigenvalue weighted by Crippen LogP contribution is 2.38. The van der Waals surface area contributed by atoms with Crippen LogP contribution in [-0.2, 0) is 4.79 Å². The number of thioether (sulfide) groups is 1. The van der Waals surface area contributed by atoms with Gasteiger partial charge in [-0.15, -0.1) is 0 Å². The van der Waals surface area contributed by atoms with Gasteiger partial charge in [-0.25, -0.2) is 4.98 Å². The van der Waals surface area contributed by atoms with E-state index in [-0.39, 0.29) is 22.8 Å². The van der Waals surface area contributed by atoms with Crippen LogP contribution in [0.25, 0.3) is 6.08 Å². The quantitative estimate of drug-likeness (QED) is 0.256. The average molecular weight is 488 g/mol. The summed E-state index contributed by atoms with van der Waals surface area (Å²) in [5.74, 6) is -0.747. The molecule has 0 atom stereocenters. The van der Waals surface area contributed by atoms with Crippen LogP contribution >= 0.6 is 35.6 Å². The number of hydrogen-bond donors (Lipinski definition) is 0. The summed E-state index contributed by atoms with van der Waals surface area (Å²) in [5.41, 5.74) is 2.49. The normalized spacial score (nSPS) is 14.9. The molecule has 0 unspecified atom stereocenters. The molecule has 2 aromatic carbocycles. The van der Waals surface area contributed by atoms with Crippen molar-refractivity contribution in [2.75, 3.05) is 12.0 Å². The smallest absolute Gasteiger partial charge is 0.270 e. The van der Waals surface area contributed by atoms with Crippen molar-refractivity contribution < 1.29 is 18.7 Å². The van der Waals surface area contributed by atoms with E-state index in [2.05, 4.69) is 9.97 Å². The monoisotopic (exact) mass is 487 g/mol. The third kappa shape index (κ3) is 4.59. The number of aryl methyl sites for hydroxylation is 1. The summed E-state index contributed by atoms with van der Waals surface area (Å²) in [5, 5.41) is -0.146. The van der Waals surface area contributed by atoms with E-state index in [0.717, 1.165) is 11.8 Å². The van der Waals surface area contributed by atoms with Crippen LogP contribution in [0.4, 0.5) is 10.1 Å². The number of rotatable bonds is 5. The van der Waals surface area contributed by atoms with E-state index in [4.69, 9.17) is 33.3 Å². The minimum Gasteiger partial charge on any atom is -0.493 e. The second-order valence-electron chi connectivity index (χ2n) is 6.66. The molecule has 0 radical (unpaired) electrons. The lowest BCUT2D eigenvalue weighted by atomic mass is 10.1. The Morgan fingerprint density at radius 1 is 1.19 bits per heavy atom. The van der Waals surface area contributed by atoms with E-state index in [0.29, 0.717) is 26.2 Å². The highest BCUT2D eigenvalue weighted by atomic mass is 35.5. The van der Waals surface area contributed by atoms with Crippen molar-refractivity contribution >= 4 is 57.6 Å². The molecule has 1 saturated heterocycles. The predicted octanol–water partition coefficient (Wildman–Crippen LogP) is 5.78. The molecule has 4 rings (SSSR count). The zero-order valence-electron chi connectivity index (χ0n) is 16.8. The van der Waals surface area contributed by atoms with E-state index in [1.54, 1.807) is 24.3 Å². The maximum Gasteiger partial charge on any atom is 0.270 e. The molecule has 10 heteroatoms. The molecule has 1 amide bonds. The number of benzene rings is 2. The van der Waals surface area contributed by atoms with E-state index in [9.17, 15) is 9.18 Å². The van der Waals surface area contributed by atoms with Crippen LogP contribution in [0.5, 0.6) is 17.4 Å². The number of carbonyl (C=O) groups excluding carboxylic acids is 1. The van der Waals surface area contributed by atoms with Gasteiger partial charge in [0.2, 0.25) is 11.1 Å². The first-order valence-electron chi connectivity index (χ1n) is 9.24. The largest absolute Gasteiger partial charge is 0.493 e. The Kier molecular flexibility index (Phi) is 6.40. The zero-order chi connectivity index (χ0) is 22.8. The van der Waals surface area contributed by atoms with Gasteiger partial charge in [0.25, 0.3) is 11.8 Å². The predicted molar refractivity (Wildman–Crippen MR) is 127 cm³/mol. The molecular formula is C22H15ClFN3O3S2. The summed E-state index contributed by atoms with van der Waals surface area (Å²) in [4.78, 5) is 22.2. The standard InChI is InChI=1S/C22H15ClFN3O3S2/c1-12-3-6-14(7-4-12)27-20(28)18(32-22(27)31)10-13-5-8-16(17(9-13)29-2)30-19-15(24)11-25-21(23)26-19/h3-11H,1-2H3/b18-10+. The second-order valence-corrected chi connectivity index (χ2v) is 8.67. The number of carbonyl (C=O) groups is 1. The molecule has 3 aromatic rings. The van der Waals surface area contributed by atoms with Crippen molar-refractivity contribution in [2.45, 2.75) is 6.92 Å². The molecule has 0 bridgehead atoms. The summed E-state index contributed by atoms with van der Waals surface area (Å²) in [6.45, 7) is 1.97. The van der Waals surface area contributed by atoms with Gasteiger partial charge in [0.05, 0.1) is 23.9 Å². The number of thiocarbonyl (C=S) groups is 1. The average Bonchev–Trinajstić information content (AvgIpc) is 3.05. The van der Waals surface area contributed by atoms with Gasteiger partial charge >= 0.3 is 0 Å². The maximum atomic E-state index is 13.9. The molecule has 162 valence electrons. The van der Waals surface area contributed by atoms with Crippen LogP contribution in [0, 0.1) is 12.7 Å². The zero-order valence-corrected chi connectivity index (χ0v) is 19.2. The molecule has 32 heavy (non-hydrogen) atoms. The van der Waals surface area contributed by atoms with E-state index in [1.807, 2.05) is 31.2 Å². The molecule has 0 N–H and O–H groups in total. The number of anilines is 1. The van der Waals surface area contributed by atoms with Crippen molar-refractivity contribution in [1.82, 2.24) is 9.97 Å². The van der Waals surface area contributed by atoms with Crippen molar-refractivity contribution in [3.63, 3.8) is 0 Å². The van der Waals surface area contributed by atoms with Gasteiger partial charge in [-0.2, -0.15) is 9.37 Å². The summed E-state index contributed by atoms with van der Waals surface area (Å²) in [6.07, 6.45) is 2.63. The minimum atomic E-state index is -0.764. The fourth-order valence-corrected chi connectivity index (χ4v) is 4.33. The van der Waals surface area contributed by atoms with Crippen LogP contribution in [0.3, 0.4) is 0 Å². The van der Waals surface area contributed by atoms with Gasteiger partial charge in [-0.3, -0.25) is 9.69 Å². The Balaban J connectivity index is 1.60. The topological polar surface area (TPSA) is 64.5 Å². The highest BCUT2D eigenvalue weighted by Gasteiger charge is 2.33. The van der Waals surface area contributed by atoms with Crippen molar-refractivity contribution in [2.24, 2.45) is 0 Å². The maximum absolute atomic E-state index is 13.9. The lowest BCUT2D eigenvalue weighted by molar-refractivity contribution is -0.113. The molecule has 0 spiro atoms. The molecule has 0 aliphatic carbocycles. The van der Waals surface area contributed by atoms with Crippen molar-refractivity contribution in [3.8, 4) is 17.4 Å². The van der Waals surface area contributed by atoms with Gasteiger partial charge in [-0.1, -0.05) is 47.7 Å². The van der Waals surface area contributed by atoms with Crippen molar-refractivity contribution in [3.05, 3.63) is 75.8 Å². The minimum absolute atomic E-state index is 0.146. The Labute approximate surface area is 198 Å². The Bertz CT molecular complexity index is 1250. The first-order valence-corrected chi connectivity index (χ1v) is 10.8. The number of hydrogen-bond acceptors (Lipinski definition) is 7. The summed E-state index contributed by atoms with van der Waals surface area (Å²) < 4.78 is 25.2. The first-order chi connectivity index (χ1) is 15.4. The van der Waals surface area contributed by atoms with Crippen LogP contribution < -0.4 is 14.4 Å². The number of halogens is 2. The number of ether oxygens (including phenoxy) is 2. The lowest BCUT2D eigenvalue weighted by Crippen LogP contribution is -2.27. The third-order valence-electron chi connectivity index (χ3n) is 4.46. The fraction of sp³-hybridized carbons (Fsp3) is 0.0909. The Hall–Kier alpha value is -3.01. The van der Waals surface area contributed by atoms with Crippen LogP contribution in [0.15, 0.2) is 53.6 Å². The molecule has 2 heterocycles. The number of amides is 1. The lowest BCUT2D eigenvalue weighted by Gasteiger charge is -2.14. The molecule has 1 aromatic heterocycles. The number of nitrogens with zero attached hydrogens (tertiary/aromatic N) is 3. The van der Waals surface area contributed by atoms with Crippen LogP contribution in [0.1, 0.15) is 11.1 Å².